The second kappa shape index (κ2) is 7.61. The highest BCUT2D eigenvalue weighted by atomic mass is 32.2. The van der Waals surface area contributed by atoms with Crippen LogP contribution in [0.4, 0.5) is 0 Å². The van der Waals surface area contributed by atoms with Crippen molar-refractivity contribution in [1.82, 2.24) is 14.5 Å². The fourth-order valence-corrected chi connectivity index (χ4v) is 4.79. The number of hydrogen-bond donors (Lipinski definition) is 1. The van der Waals surface area contributed by atoms with Crippen LogP contribution in [0, 0.1) is 13.8 Å². The number of nitrogens with one attached hydrogen (secondary N) is 1. The van der Waals surface area contributed by atoms with Gasteiger partial charge >= 0.3 is 0 Å². The summed E-state index contributed by atoms with van der Waals surface area (Å²) >= 11 is 1.57. The van der Waals surface area contributed by atoms with E-state index in [-0.39, 0.29) is 17.5 Å². The standard InChI is InChI=1S/C18H21N3O3S2/c1-13-10-14(2)21(20-13)16(15-8-9-25-12-15)11-19-26(22,23)18-7-5-4-6-17(18)24-3/h4-10,12,16,19H,11H2,1-3H3/t16-/m0/s1. The van der Waals surface area contributed by atoms with Crippen LogP contribution in [0.3, 0.4) is 0 Å². The Hall–Kier alpha value is -2.16. The zero-order valence-electron chi connectivity index (χ0n) is 14.8. The molecule has 0 fully saturated rings. The number of hydrogen-bond acceptors (Lipinski definition) is 5. The van der Waals surface area contributed by atoms with Gasteiger partial charge in [0.1, 0.15) is 10.6 Å². The number of thiophene rings is 1. The Balaban J connectivity index is 1.90. The average Bonchev–Trinajstić information content (AvgIpc) is 3.25. The Morgan fingerprint density at radius 2 is 2.04 bits per heavy atom. The first-order chi connectivity index (χ1) is 12.4. The molecule has 0 amide bonds. The summed E-state index contributed by atoms with van der Waals surface area (Å²) in [4.78, 5) is 0.125. The molecular formula is C18H21N3O3S2. The zero-order chi connectivity index (χ0) is 18.7. The highest BCUT2D eigenvalue weighted by Crippen LogP contribution is 2.25. The first-order valence-electron chi connectivity index (χ1n) is 8.10. The number of nitrogens with zero attached hydrogens (tertiary/aromatic N) is 2. The minimum absolute atomic E-state index is 0.125. The lowest BCUT2D eigenvalue weighted by molar-refractivity contribution is 0.402. The molecule has 0 radical (unpaired) electrons. The van der Waals surface area contributed by atoms with Crippen LogP contribution in [0.5, 0.6) is 5.75 Å². The van der Waals surface area contributed by atoms with Crippen molar-refractivity contribution in [2.24, 2.45) is 0 Å². The minimum atomic E-state index is -3.72. The monoisotopic (exact) mass is 391 g/mol. The van der Waals surface area contributed by atoms with Crippen LogP contribution < -0.4 is 9.46 Å². The molecule has 0 saturated heterocycles. The maximum absolute atomic E-state index is 12.8. The molecule has 0 bridgehead atoms. The van der Waals surface area contributed by atoms with Crippen molar-refractivity contribution < 1.29 is 13.2 Å². The van der Waals surface area contributed by atoms with Crippen LogP contribution >= 0.6 is 11.3 Å². The lowest BCUT2D eigenvalue weighted by Gasteiger charge is -2.20. The summed E-state index contributed by atoms with van der Waals surface area (Å²) in [5.74, 6) is 0.318. The molecule has 8 heteroatoms. The van der Waals surface area contributed by atoms with E-state index in [1.165, 1.54) is 13.2 Å². The van der Waals surface area contributed by atoms with Crippen molar-refractivity contribution in [3.8, 4) is 5.75 Å². The molecule has 2 heterocycles. The van der Waals surface area contributed by atoms with Gasteiger partial charge in [0.25, 0.3) is 0 Å². The second-order valence-electron chi connectivity index (χ2n) is 5.95. The second-order valence-corrected chi connectivity index (χ2v) is 8.46. The van der Waals surface area contributed by atoms with E-state index in [2.05, 4.69) is 9.82 Å². The summed E-state index contributed by atoms with van der Waals surface area (Å²) in [6.45, 7) is 4.08. The Kier molecular flexibility index (Phi) is 5.45. The van der Waals surface area contributed by atoms with Gasteiger partial charge in [-0.2, -0.15) is 16.4 Å². The van der Waals surface area contributed by atoms with E-state index in [1.54, 1.807) is 29.5 Å². The fourth-order valence-electron chi connectivity index (χ4n) is 2.88. The molecule has 0 unspecified atom stereocenters. The lowest BCUT2D eigenvalue weighted by atomic mass is 10.1. The predicted octanol–water partition coefficient (Wildman–Crippen LogP) is 3.14. The average molecular weight is 392 g/mol. The molecule has 2 aromatic heterocycles. The number of benzene rings is 1. The number of aryl methyl sites for hydroxylation is 2. The predicted molar refractivity (Wildman–Crippen MR) is 102 cm³/mol. The Morgan fingerprint density at radius 3 is 2.65 bits per heavy atom. The van der Waals surface area contributed by atoms with Gasteiger partial charge in [-0.25, -0.2) is 13.1 Å². The quantitative estimate of drug-likeness (QED) is 0.672. The van der Waals surface area contributed by atoms with Gasteiger partial charge in [0.2, 0.25) is 10.0 Å². The van der Waals surface area contributed by atoms with Crippen LogP contribution in [0.25, 0.3) is 0 Å². The van der Waals surface area contributed by atoms with E-state index in [1.807, 2.05) is 41.4 Å². The largest absolute Gasteiger partial charge is 0.495 e. The number of methoxy groups -OCH3 is 1. The molecule has 138 valence electrons. The molecule has 1 N–H and O–H groups in total. The van der Waals surface area contributed by atoms with Gasteiger partial charge in [0, 0.05) is 12.2 Å². The fraction of sp³-hybridized carbons (Fsp3) is 0.278. The Morgan fingerprint density at radius 1 is 1.27 bits per heavy atom. The molecule has 0 aliphatic rings. The third kappa shape index (κ3) is 3.82. The van der Waals surface area contributed by atoms with Crippen LogP contribution in [0.15, 0.2) is 52.1 Å². The maximum atomic E-state index is 12.8. The number of rotatable bonds is 7. The van der Waals surface area contributed by atoms with Gasteiger partial charge in [-0.3, -0.25) is 4.68 Å². The van der Waals surface area contributed by atoms with Crippen LogP contribution in [-0.4, -0.2) is 31.9 Å². The van der Waals surface area contributed by atoms with Crippen molar-refractivity contribution in [3.63, 3.8) is 0 Å². The maximum Gasteiger partial charge on any atom is 0.244 e. The summed E-state index contributed by atoms with van der Waals surface area (Å²) in [6, 6.07) is 10.3. The number of para-hydroxylation sites is 1. The van der Waals surface area contributed by atoms with E-state index in [0.717, 1.165) is 17.0 Å². The molecule has 3 rings (SSSR count). The molecule has 1 atom stereocenters. The normalized spacial score (nSPS) is 12.9. The smallest absolute Gasteiger partial charge is 0.244 e. The summed E-state index contributed by atoms with van der Waals surface area (Å²) in [5.41, 5.74) is 2.90. The summed E-state index contributed by atoms with van der Waals surface area (Å²) < 4.78 is 35.3. The lowest BCUT2D eigenvalue weighted by Crippen LogP contribution is -2.32. The van der Waals surface area contributed by atoms with E-state index >= 15 is 0 Å². The summed E-state index contributed by atoms with van der Waals surface area (Å²) in [7, 11) is -2.26. The number of ether oxygens (including phenoxy) is 1. The molecule has 0 aliphatic heterocycles. The van der Waals surface area contributed by atoms with Gasteiger partial charge in [0.05, 0.1) is 18.8 Å². The van der Waals surface area contributed by atoms with Crippen molar-refractivity contribution in [2.45, 2.75) is 24.8 Å². The van der Waals surface area contributed by atoms with Gasteiger partial charge < -0.3 is 4.74 Å². The summed E-state index contributed by atoms with van der Waals surface area (Å²) in [5, 5.41) is 8.52. The third-order valence-corrected chi connectivity index (χ3v) is 6.26. The zero-order valence-corrected chi connectivity index (χ0v) is 16.5. The molecule has 26 heavy (non-hydrogen) atoms. The van der Waals surface area contributed by atoms with E-state index in [0.29, 0.717) is 5.75 Å². The Labute approximate surface area is 157 Å². The molecule has 0 aliphatic carbocycles. The number of sulfonamides is 1. The van der Waals surface area contributed by atoms with Gasteiger partial charge in [-0.05, 0) is 54.4 Å². The first kappa shape index (κ1) is 18.6. The van der Waals surface area contributed by atoms with Crippen molar-refractivity contribution in [1.29, 1.82) is 0 Å². The molecular weight excluding hydrogens is 370 g/mol. The van der Waals surface area contributed by atoms with Gasteiger partial charge in [-0.15, -0.1) is 0 Å². The third-order valence-electron chi connectivity index (χ3n) is 4.09. The van der Waals surface area contributed by atoms with Gasteiger partial charge in [0.15, 0.2) is 0 Å². The molecule has 6 nitrogen and oxygen atoms in total. The van der Waals surface area contributed by atoms with E-state index in [9.17, 15) is 8.42 Å². The minimum Gasteiger partial charge on any atom is -0.495 e. The highest BCUT2D eigenvalue weighted by Gasteiger charge is 2.23. The highest BCUT2D eigenvalue weighted by molar-refractivity contribution is 7.89. The molecule has 0 saturated carbocycles. The number of aromatic nitrogens is 2. The summed E-state index contributed by atoms with van der Waals surface area (Å²) in [6.07, 6.45) is 0. The van der Waals surface area contributed by atoms with Gasteiger partial charge in [-0.1, -0.05) is 12.1 Å². The van der Waals surface area contributed by atoms with Crippen LogP contribution in [-0.2, 0) is 10.0 Å². The van der Waals surface area contributed by atoms with Crippen LogP contribution in [0.2, 0.25) is 0 Å². The molecule has 0 spiro atoms. The topological polar surface area (TPSA) is 73.2 Å². The Bertz CT molecular complexity index is 979. The van der Waals surface area contributed by atoms with E-state index in [4.69, 9.17) is 4.74 Å². The first-order valence-corrected chi connectivity index (χ1v) is 10.5. The van der Waals surface area contributed by atoms with Crippen molar-refractivity contribution >= 4 is 21.4 Å². The van der Waals surface area contributed by atoms with Crippen molar-refractivity contribution in [3.05, 3.63) is 64.1 Å². The van der Waals surface area contributed by atoms with Crippen molar-refractivity contribution in [2.75, 3.05) is 13.7 Å². The van der Waals surface area contributed by atoms with Crippen LogP contribution in [0.1, 0.15) is 23.0 Å². The molecule has 3 aromatic rings. The molecule has 1 aromatic carbocycles. The van der Waals surface area contributed by atoms with E-state index < -0.39 is 10.0 Å². The SMILES string of the molecule is COc1ccccc1S(=O)(=O)NC[C@@H](c1ccsc1)n1nc(C)cc1C.